The van der Waals surface area contributed by atoms with E-state index in [1.165, 1.54) is 0 Å². The first-order chi connectivity index (χ1) is 10.8. The lowest BCUT2D eigenvalue weighted by molar-refractivity contribution is 0.181. The van der Waals surface area contributed by atoms with Gasteiger partial charge in [0.1, 0.15) is 0 Å². The van der Waals surface area contributed by atoms with Gasteiger partial charge < -0.3 is 24.9 Å². The second-order valence-electron chi connectivity index (χ2n) is 7.16. The van der Waals surface area contributed by atoms with Crippen molar-refractivity contribution in [3.8, 4) is 0 Å². The van der Waals surface area contributed by atoms with Crippen LogP contribution in [0.25, 0.3) is 0 Å². The van der Waals surface area contributed by atoms with Crippen LogP contribution in [0.15, 0.2) is 0 Å². The Morgan fingerprint density at radius 1 is 0.522 bits per heavy atom. The van der Waals surface area contributed by atoms with Crippen molar-refractivity contribution in [1.82, 2.24) is 29.8 Å². The summed E-state index contributed by atoms with van der Waals surface area (Å²) in [5.41, 5.74) is 0. The van der Waals surface area contributed by atoms with Gasteiger partial charge in [0, 0.05) is 65.4 Å². The Balaban J connectivity index is 4.12. The minimum Gasteiger partial charge on any atom is -0.318 e. The predicted molar refractivity (Wildman–Crippen MR) is 102 cm³/mol. The van der Waals surface area contributed by atoms with Gasteiger partial charge in [0.15, 0.2) is 0 Å². The molecule has 0 saturated carbocycles. The van der Waals surface area contributed by atoms with Gasteiger partial charge in [-0.3, -0.25) is 4.90 Å². The van der Waals surface area contributed by atoms with Crippen molar-refractivity contribution in [3.05, 3.63) is 0 Å². The molecule has 0 aromatic rings. The van der Waals surface area contributed by atoms with Crippen molar-refractivity contribution in [1.29, 1.82) is 0 Å². The molecule has 0 atom stereocenters. The Kier molecular flexibility index (Phi) is 14.0. The molecule has 0 heterocycles. The molecule has 0 spiro atoms. The lowest BCUT2D eigenvalue weighted by Gasteiger charge is -2.29. The summed E-state index contributed by atoms with van der Waals surface area (Å²) in [5.74, 6) is 0. The molecular weight excluding hydrogens is 288 g/mol. The maximum Gasteiger partial charge on any atom is 0.0110 e. The lowest BCUT2D eigenvalue weighted by Crippen LogP contribution is -2.42. The van der Waals surface area contributed by atoms with Crippen LogP contribution in [0.5, 0.6) is 0 Å². The first-order valence-corrected chi connectivity index (χ1v) is 8.88. The molecule has 6 heteroatoms. The first kappa shape index (κ1) is 22.8. The molecule has 1 N–H and O–H groups in total. The molecule has 23 heavy (non-hydrogen) atoms. The fourth-order valence-corrected chi connectivity index (χ4v) is 2.20. The Bertz CT molecular complexity index is 259. The Labute approximate surface area is 145 Å². The number of likely N-dealkylation sites (N-methyl/N-ethyl adjacent to an activating group) is 5. The van der Waals surface area contributed by atoms with Crippen LogP contribution in [0.2, 0.25) is 0 Å². The van der Waals surface area contributed by atoms with E-state index in [0.717, 1.165) is 65.4 Å². The molecule has 0 radical (unpaired) electrons. The highest BCUT2D eigenvalue weighted by atomic mass is 15.2. The molecule has 0 amide bonds. The van der Waals surface area contributed by atoms with Gasteiger partial charge in [-0.1, -0.05) is 0 Å². The summed E-state index contributed by atoms with van der Waals surface area (Å²) in [5, 5.41) is 3.22. The third-order valence-corrected chi connectivity index (χ3v) is 4.13. The zero-order valence-electron chi connectivity index (χ0n) is 16.8. The number of hydrogen-bond donors (Lipinski definition) is 1. The molecule has 0 aliphatic carbocycles. The lowest BCUT2D eigenvalue weighted by atomic mass is 10.3. The molecule has 0 aromatic carbocycles. The van der Waals surface area contributed by atoms with Gasteiger partial charge in [-0.2, -0.15) is 0 Å². The van der Waals surface area contributed by atoms with E-state index in [9.17, 15) is 0 Å². The van der Waals surface area contributed by atoms with Crippen molar-refractivity contribution in [2.24, 2.45) is 0 Å². The molecular formula is C17H42N6. The van der Waals surface area contributed by atoms with Crippen LogP contribution < -0.4 is 5.32 Å². The maximum absolute atomic E-state index is 3.22. The van der Waals surface area contributed by atoms with Crippen LogP contribution >= 0.6 is 0 Å². The Morgan fingerprint density at radius 3 is 1.39 bits per heavy atom. The highest BCUT2D eigenvalue weighted by Crippen LogP contribution is 1.94. The van der Waals surface area contributed by atoms with Crippen LogP contribution in [0.4, 0.5) is 0 Å². The third kappa shape index (κ3) is 15.1. The van der Waals surface area contributed by atoms with E-state index in [0.29, 0.717) is 0 Å². The third-order valence-electron chi connectivity index (χ3n) is 4.13. The fourth-order valence-electron chi connectivity index (χ4n) is 2.20. The molecule has 0 aliphatic rings. The van der Waals surface area contributed by atoms with Crippen LogP contribution in [0.3, 0.4) is 0 Å². The quantitative estimate of drug-likeness (QED) is 0.435. The largest absolute Gasteiger partial charge is 0.318 e. The molecule has 0 bridgehead atoms. The minimum atomic E-state index is 1.06. The normalized spacial score (nSPS) is 12.5. The highest BCUT2D eigenvalue weighted by molar-refractivity contribution is 4.66. The van der Waals surface area contributed by atoms with Crippen LogP contribution in [-0.4, -0.2) is 139 Å². The fraction of sp³-hybridized carbons (Fsp3) is 1.00. The predicted octanol–water partition coefficient (Wildman–Crippen LogP) is -0.505. The van der Waals surface area contributed by atoms with E-state index in [1.54, 1.807) is 0 Å². The highest BCUT2D eigenvalue weighted by Gasteiger charge is 2.09. The number of nitrogens with zero attached hydrogens (tertiary/aromatic N) is 5. The SMILES string of the molecule is CNCCN(C)CCN(CCN(C)C)CCN(C)CCN(C)C. The second-order valence-corrected chi connectivity index (χ2v) is 7.16. The molecule has 0 unspecified atom stereocenters. The van der Waals surface area contributed by atoms with Crippen molar-refractivity contribution in [2.75, 3.05) is 115 Å². The molecule has 0 rings (SSSR count). The van der Waals surface area contributed by atoms with Crippen molar-refractivity contribution < 1.29 is 0 Å². The Hall–Kier alpha value is -0.240. The minimum absolute atomic E-state index is 1.06. The van der Waals surface area contributed by atoms with E-state index >= 15 is 0 Å². The summed E-state index contributed by atoms with van der Waals surface area (Å²) >= 11 is 0. The van der Waals surface area contributed by atoms with Gasteiger partial charge >= 0.3 is 0 Å². The topological polar surface area (TPSA) is 28.2 Å². The number of rotatable bonds is 15. The molecule has 0 fully saturated rings. The van der Waals surface area contributed by atoms with Crippen LogP contribution in [0.1, 0.15) is 0 Å². The molecule has 0 saturated heterocycles. The van der Waals surface area contributed by atoms with Gasteiger partial charge in [0.25, 0.3) is 0 Å². The van der Waals surface area contributed by atoms with E-state index in [-0.39, 0.29) is 0 Å². The van der Waals surface area contributed by atoms with Gasteiger partial charge in [0.2, 0.25) is 0 Å². The van der Waals surface area contributed by atoms with Gasteiger partial charge in [-0.25, -0.2) is 0 Å². The summed E-state index contributed by atoms with van der Waals surface area (Å²) in [6, 6.07) is 0. The van der Waals surface area contributed by atoms with Crippen LogP contribution in [0, 0.1) is 0 Å². The van der Waals surface area contributed by atoms with Crippen molar-refractivity contribution in [2.45, 2.75) is 0 Å². The van der Waals surface area contributed by atoms with Gasteiger partial charge in [0.05, 0.1) is 0 Å². The molecule has 6 nitrogen and oxygen atoms in total. The summed E-state index contributed by atoms with van der Waals surface area (Å²) in [4.78, 5) is 12.0. The summed E-state index contributed by atoms with van der Waals surface area (Å²) in [6.07, 6.45) is 0. The summed E-state index contributed by atoms with van der Waals surface area (Å²) < 4.78 is 0. The molecule has 140 valence electrons. The van der Waals surface area contributed by atoms with E-state index in [1.807, 2.05) is 7.05 Å². The van der Waals surface area contributed by atoms with E-state index < -0.39 is 0 Å². The molecule has 0 aliphatic heterocycles. The first-order valence-electron chi connectivity index (χ1n) is 8.88. The molecule has 0 aromatic heterocycles. The second kappa shape index (κ2) is 14.1. The zero-order chi connectivity index (χ0) is 17.7. The maximum atomic E-state index is 3.22. The monoisotopic (exact) mass is 330 g/mol. The Morgan fingerprint density at radius 2 is 0.913 bits per heavy atom. The smallest absolute Gasteiger partial charge is 0.0110 e. The average Bonchev–Trinajstić information content (AvgIpc) is 2.49. The summed E-state index contributed by atoms with van der Waals surface area (Å²) in [6.45, 7) is 11.3. The average molecular weight is 331 g/mol. The van der Waals surface area contributed by atoms with Gasteiger partial charge in [-0.15, -0.1) is 0 Å². The van der Waals surface area contributed by atoms with E-state index in [2.05, 4.69) is 72.1 Å². The van der Waals surface area contributed by atoms with Crippen molar-refractivity contribution in [3.63, 3.8) is 0 Å². The van der Waals surface area contributed by atoms with Crippen molar-refractivity contribution >= 4 is 0 Å². The summed E-state index contributed by atoms with van der Waals surface area (Å²) in [7, 11) is 15.0. The van der Waals surface area contributed by atoms with Gasteiger partial charge in [-0.05, 0) is 49.3 Å². The number of nitrogens with one attached hydrogen (secondary N) is 1. The van der Waals surface area contributed by atoms with E-state index in [4.69, 9.17) is 0 Å². The standard InChI is InChI=1S/C17H42N6/c1-18-8-9-21(6)13-16-23(15-11-20(4)5)17-14-22(7)12-10-19(2)3/h18H,8-17H2,1-7H3. The number of hydrogen-bond acceptors (Lipinski definition) is 6. The van der Waals surface area contributed by atoms with Crippen LogP contribution in [-0.2, 0) is 0 Å². The zero-order valence-corrected chi connectivity index (χ0v) is 16.8.